The molecule has 0 aliphatic carbocycles. The number of thioether (sulfide) groups is 1. The number of hydrogen-bond donors (Lipinski definition) is 10. The third kappa shape index (κ3) is 16.6. The molecule has 0 radical (unpaired) electrons. The zero-order chi connectivity index (χ0) is 30.0. The molecule has 4 amide bonds. The van der Waals surface area contributed by atoms with E-state index in [4.69, 9.17) is 34.4 Å². The fraction of sp³-hybridized carbons (Fsp3) is 0.667. The number of aliphatic imine (C=N–C) groups is 2. The molecule has 0 spiro atoms. The van der Waals surface area contributed by atoms with E-state index in [2.05, 4.69) is 25.9 Å². The number of guanidine groups is 2. The van der Waals surface area contributed by atoms with Crippen molar-refractivity contribution >= 4 is 53.3 Å². The van der Waals surface area contributed by atoms with Gasteiger partial charge in [0, 0.05) is 13.1 Å². The van der Waals surface area contributed by atoms with Crippen LogP contribution in [0.15, 0.2) is 9.98 Å². The number of nitrogens with zero attached hydrogens (tertiary/aromatic N) is 2. The molecule has 4 unspecified atom stereocenters. The van der Waals surface area contributed by atoms with E-state index in [0.29, 0.717) is 12.2 Å². The minimum absolute atomic E-state index is 0.000806. The number of carboxylic acids is 1. The first-order chi connectivity index (χ1) is 18.3. The van der Waals surface area contributed by atoms with Crippen LogP contribution in [0.3, 0.4) is 0 Å². The molecule has 222 valence electrons. The van der Waals surface area contributed by atoms with Crippen molar-refractivity contribution in [1.82, 2.24) is 16.0 Å². The molecule has 0 heterocycles. The summed E-state index contributed by atoms with van der Waals surface area (Å²) in [5, 5.41) is 16.7. The second-order valence-corrected chi connectivity index (χ2v) is 9.46. The van der Waals surface area contributed by atoms with Gasteiger partial charge in [-0.15, -0.1) is 0 Å². The van der Waals surface area contributed by atoms with Crippen LogP contribution in [0.1, 0.15) is 38.5 Å². The molecule has 0 fully saturated rings. The maximum atomic E-state index is 13.0. The number of amides is 4. The summed E-state index contributed by atoms with van der Waals surface area (Å²) in [6.45, 7) is 0.267. The highest BCUT2D eigenvalue weighted by Gasteiger charge is 2.30. The van der Waals surface area contributed by atoms with E-state index in [1.807, 2.05) is 6.26 Å². The van der Waals surface area contributed by atoms with Gasteiger partial charge in [-0.1, -0.05) is 0 Å². The number of rotatable bonds is 20. The lowest BCUT2D eigenvalue weighted by Crippen LogP contribution is -2.57. The Kier molecular flexibility index (Phi) is 17.4. The van der Waals surface area contributed by atoms with Crippen LogP contribution in [0.2, 0.25) is 0 Å². The van der Waals surface area contributed by atoms with Gasteiger partial charge in [0.2, 0.25) is 23.6 Å². The van der Waals surface area contributed by atoms with Crippen molar-refractivity contribution in [1.29, 1.82) is 0 Å². The standard InChI is InChI=1S/C21H41N11O6S/c1-39-9-6-11(22)16(34)32-14(10-15(23)33)18(36)30-12(4-2-7-28-20(24)25)17(35)31-13(19(37)38)5-3-8-29-21(26)27/h11-14H,2-10,22H2,1H3,(H2,23,33)(H,30,36)(H,31,35)(H,32,34)(H,37,38)(H4,24,25,28)(H4,26,27,29). The highest BCUT2D eigenvalue weighted by Crippen LogP contribution is 2.06. The molecule has 39 heavy (non-hydrogen) atoms. The normalized spacial score (nSPS) is 13.6. The van der Waals surface area contributed by atoms with Crippen LogP contribution >= 0.6 is 11.8 Å². The first kappa shape index (κ1) is 35.2. The number of nitrogens with one attached hydrogen (secondary N) is 3. The third-order valence-corrected chi connectivity index (χ3v) is 5.79. The topological polar surface area (TPSA) is 323 Å². The van der Waals surface area contributed by atoms with E-state index in [1.165, 1.54) is 11.8 Å². The van der Waals surface area contributed by atoms with E-state index >= 15 is 0 Å². The summed E-state index contributed by atoms with van der Waals surface area (Å²) >= 11 is 1.48. The Morgan fingerprint density at radius 2 is 1.21 bits per heavy atom. The molecule has 0 aromatic carbocycles. The number of aliphatic carboxylic acids is 1. The van der Waals surface area contributed by atoms with Crippen LogP contribution in [-0.2, 0) is 24.0 Å². The number of carboxylic acid groups (broad SMARTS) is 1. The zero-order valence-electron chi connectivity index (χ0n) is 21.9. The van der Waals surface area contributed by atoms with Crippen LogP contribution in [0.5, 0.6) is 0 Å². The Morgan fingerprint density at radius 3 is 1.67 bits per heavy atom. The van der Waals surface area contributed by atoms with Crippen LogP contribution in [0.4, 0.5) is 0 Å². The van der Waals surface area contributed by atoms with E-state index < -0.39 is 60.2 Å². The predicted octanol–water partition coefficient (Wildman–Crippen LogP) is -4.41. The smallest absolute Gasteiger partial charge is 0.326 e. The predicted molar refractivity (Wildman–Crippen MR) is 148 cm³/mol. The molecular weight excluding hydrogens is 534 g/mol. The highest BCUT2D eigenvalue weighted by molar-refractivity contribution is 7.98. The Hall–Kier alpha value is -3.80. The SMILES string of the molecule is CSCCC(N)C(=O)NC(CC(N)=O)C(=O)NC(CCCN=C(N)N)C(=O)NC(CCCN=C(N)N)C(=O)O. The van der Waals surface area contributed by atoms with Crippen molar-refractivity contribution in [2.75, 3.05) is 25.1 Å². The fourth-order valence-electron chi connectivity index (χ4n) is 3.14. The summed E-state index contributed by atoms with van der Waals surface area (Å²) < 4.78 is 0. The molecule has 0 aliphatic heterocycles. The quantitative estimate of drug-likeness (QED) is 0.0373. The Labute approximate surface area is 230 Å². The van der Waals surface area contributed by atoms with E-state index in [9.17, 15) is 29.1 Å². The van der Waals surface area contributed by atoms with E-state index in [0.717, 1.165) is 0 Å². The number of primary amides is 1. The Morgan fingerprint density at radius 1 is 0.744 bits per heavy atom. The van der Waals surface area contributed by atoms with Gasteiger partial charge in [-0.2, -0.15) is 11.8 Å². The van der Waals surface area contributed by atoms with Gasteiger partial charge in [-0.3, -0.25) is 29.2 Å². The fourth-order valence-corrected chi connectivity index (χ4v) is 3.63. The van der Waals surface area contributed by atoms with Gasteiger partial charge in [0.05, 0.1) is 12.5 Å². The summed E-state index contributed by atoms with van der Waals surface area (Å²) in [6.07, 6.45) is 2.08. The molecule has 4 atom stereocenters. The average Bonchev–Trinajstić information content (AvgIpc) is 2.84. The third-order valence-electron chi connectivity index (χ3n) is 5.15. The summed E-state index contributed by atoms with van der Waals surface area (Å²) in [7, 11) is 0. The van der Waals surface area contributed by atoms with Crippen molar-refractivity contribution in [3.63, 3.8) is 0 Å². The second-order valence-electron chi connectivity index (χ2n) is 8.48. The molecule has 16 N–H and O–H groups in total. The molecule has 18 heteroatoms. The first-order valence-electron chi connectivity index (χ1n) is 12.1. The highest BCUT2D eigenvalue weighted by atomic mass is 32.2. The van der Waals surface area contributed by atoms with Crippen molar-refractivity contribution < 1.29 is 29.1 Å². The van der Waals surface area contributed by atoms with Crippen molar-refractivity contribution in [2.45, 2.75) is 62.7 Å². The maximum absolute atomic E-state index is 13.0. The van der Waals surface area contributed by atoms with Gasteiger partial charge < -0.3 is 55.5 Å². The maximum Gasteiger partial charge on any atom is 0.326 e. The number of carbonyl (C=O) groups excluding carboxylic acids is 4. The molecule has 0 aromatic rings. The molecule has 0 saturated heterocycles. The van der Waals surface area contributed by atoms with Gasteiger partial charge in [0.25, 0.3) is 0 Å². The largest absolute Gasteiger partial charge is 0.480 e. The Bertz CT molecular complexity index is 894. The lowest BCUT2D eigenvalue weighted by atomic mass is 10.1. The van der Waals surface area contributed by atoms with E-state index in [-0.39, 0.29) is 50.7 Å². The molecule has 0 aliphatic rings. The molecule has 0 aromatic heterocycles. The van der Waals surface area contributed by atoms with Gasteiger partial charge in [-0.05, 0) is 44.1 Å². The van der Waals surface area contributed by atoms with E-state index in [1.54, 1.807) is 0 Å². The van der Waals surface area contributed by atoms with Crippen LogP contribution in [0.25, 0.3) is 0 Å². The lowest BCUT2D eigenvalue weighted by molar-refractivity contribution is -0.142. The zero-order valence-corrected chi connectivity index (χ0v) is 22.7. The van der Waals surface area contributed by atoms with Gasteiger partial charge in [-0.25, -0.2) is 4.79 Å². The number of nitrogens with two attached hydrogens (primary N) is 6. The van der Waals surface area contributed by atoms with Crippen molar-refractivity contribution in [3.05, 3.63) is 0 Å². The number of carbonyl (C=O) groups is 5. The molecule has 17 nitrogen and oxygen atoms in total. The first-order valence-corrected chi connectivity index (χ1v) is 13.4. The summed E-state index contributed by atoms with van der Waals surface area (Å²) in [6, 6.07) is -4.92. The van der Waals surface area contributed by atoms with Gasteiger partial charge >= 0.3 is 5.97 Å². The molecular formula is C21H41N11O6S. The Balaban J connectivity index is 5.63. The van der Waals surface area contributed by atoms with Gasteiger partial charge in [0.15, 0.2) is 11.9 Å². The average molecular weight is 576 g/mol. The molecule has 0 rings (SSSR count). The van der Waals surface area contributed by atoms with Crippen LogP contribution in [0, 0.1) is 0 Å². The van der Waals surface area contributed by atoms with Gasteiger partial charge in [0.1, 0.15) is 18.1 Å². The van der Waals surface area contributed by atoms with Crippen LogP contribution < -0.4 is 50.4 Å². The van der Waals surface area contributed by atoms with Crippen molar-refractivity contribution in [2.24, 2.45) is 44.4 Å². The minimum atomic E-state index is -1.42. The summed E-state index contributed by atoms with van der Waals surface area (Å²) in [5.74, 6) is -4.30. The minimum Gasteiger partial charge on any atom is -0.480 e. The number of hydrogen-bond acceptors (Lipinski definition) is 9. The monoisotopic (exact) mass is 575 g/mol. The summed E-state index contributed by atoms with van der Waals surface area (Å²) in [4.78, 5) is 69.3. The molecule has 0 bridgehead atoms. The van der Waals surface area contributed by atoms with Crippen molar-refractivity contribution in [3.8, 4) is 0 Å². The molecule has 0 saturated carbocycles. The lowest BCUT2D eigenvalue weighted by Gasteiger charge is -2.24. The van der Waals surface area contributed by atoms with Crippen LogP contribution in [-0.4, -0.2) is 95.9 Å². The summed E-state index contributed by atoms with van der Waals surface area (Å²) in [5.41, 5.74) is 32.2. The second kappa shape index (κ2) is 19.3.